The smallest absolute Gasteiger partial charge is 0.285 e. The van der Waals surface area contributed by atoms with Crippen LogP contribution in [0, 0.1) is 5.82 Å². The summed E-state index contributed by atoms with van der Waals surface area (Å²) in [5, 5.41) is 3.14. The van der Waals surface area contributed by atoms with Crippen molar-refractivity contribution < 1.29 is 28.2 Å². The number of hydrogen-bond donors (Lipinski definition) is 1. The van der Waals surface area contributed by atoms with Gasteiger partial charge in [-0.05, 0) is 54.0 Å². The van der Waals surface area contributed by atoms with Crippen LogP contribution in [0.1, 0.15) is 35.2 Å². The third kappa shape index (κ3) is 9.17. The Morgan fingerprint density at radius 1 is 0.961 bits per heavy atom. The van der Waals surface area contributed by atoms with Crippen LogP contribution < -0.4 is 14.8 Å². The van der Waals surface area contributed by atoms with Crippen molar-refractivity contribution >= 4 is 40.7 Å². The summed E-state index contributed by atoms with van der Waals surface area (Å²) in [6.45, 7) is 5.44. The molecule has 0 saturated heterocycles. The Morgan fingerprint density at radius 2 is 1.63 bits per heavy atom. The number of nitrogens with one attached hydrogen (secondary N) is 1. The number of rotatable bonds is 13. The van der Waals surface area contributed by atoms with Crippen molar-refractivity contribution in [2.24, 2.45) is 4.99 Å². The molecule has 0 aromatic heterocycles. The summed E-state index contributed by atoms with van der Waals surface area (Å²) in [5.41, 5.74) is 2.92. The van der Waals surface area contributed by atoms with Gasteiger partial charge in [-0.15, -0.1) is 0 Å². The number of hydrogen-bond acceptors (Lipinski definition) is 6. The molecule has 258 valence electrons. The van der Waals surface area contributed by atoms with Gasteiger partial charge in [-0.25, -0.2) is 4.39 Å². The molecule has 8 nitrogen and oxygen atoms in total. The molecule has 1 N–H and O–H groups in total. The summed E-state index contributed by atoms with van der Waals surface area (Å²) in [7, 11) is 1.46. The molecule has 0 radical (unpaired) electrons. The van der Waals surface area contributed by atoms with Gasteiger partial charge in [-0.3, -0.25) is 19.3 Å². The van der Waals surface area contributed by atoms with E-state index in [0.717, 1.165) is 22.9 Å². The number of methoxy groups -OCH3 is 1. The van der Waals surface area contributed by atoms with Crippen molar-refractivity contribution in [2.45, 2.75) is 19.6 Å². The Labute approximate surface area is 300 Å². The van der Waals surface area contributed by atoms with Crippen molar-refractivity contribution in [1.29, 1.82) is 0 Å². The van der Waals surface area contributed by atoms with Crippen molar-refractivity contribution in [2.75, 3.05) is 12.9 Å². The summed E-state index contributed by atoms with van der Waals surface area (Å²) in [6.07, 6.45) is 8.01. The molecule has 0 spiro atoms. The first-order valence-electron chi connectivity index (χ1n) is 16.0. The highest BCUT2D eigenvalue weighted by molar-refractivity contribution is 8.14. The monoisotopic (exact) mass is 701 g/mol. The number of nitrogens with zero attached hydrogens (tertiary/aromatic N) is 2. The molecule has 3 amide bonds. The number of thioether (sulfide) groups is 1. The number of carbonyl (C=O) groups is 3. The van der Waals surface area contributed by atoms with E-state index in [-0.39, 0.29) is 34.8 Å². The molecular weight excluding hydrogens is 666 g/mol. The van der Waals surface area contributed by atoms with Gasteiger partial charge in [0.25, 0.3) is 11.8 Å². The lowest BCUT2D eigenvalue weighted by Gasteiger charge is -2.28. The summed E-state index contributed by atoms with van der Waals surface area (Å²) in [5.74, 6) is -1.51. The van der Waals surface area contributed by atoms with Crippen LogP contribution in [0.3, 0.4) is 0 Å². The second-order valence-corrected chi connectivity index (χ2v) is 12.0. The molecule has 4 aromatic rings. The fourth-order valence-corrected chi connectivity index (χ4v) is 6.03. The largest absolute Gasteiger partial charge is 0.493 e. The Balaban J connectivity index is 1.39. The van der Waals surface area contributed by atoms with E-state index in [0.29, 0.717) is 28.3 Å². The van der Waals surface area contributed by atoms with E-state index >= 15 is 0 Å². The maximum Gasteiger partial charge on any atom is 0.285 e. The zero-order valence-corrected chi connectivity index (χ0v) is 28.9. The fraction of sp³-hybridized carbons (Fsp3) is 0.122. The highest BCUT2D eigenvalue weighted by Gasteiger charge is 2.35. The van der Waals surface area contributed by atoms with E-state index in [1.54, 1.807) is 67.6 Å². The molecule has 0 unspecified atom stereocenters. The highest BCUT2D eigenvalue weighted by Crippen LogP contribution is 2.32. The van der Waals surface area contributed by atoms with Gasteiger partial charge in [0, 0.05) is 11.3 Å². The summed E-state index contributed by atoms with van der Waals surface area (Å²) < 4.78 is 25.4. The number of amidine groups is 1. The number of halogens is 1. The van der Waals surface area contributed by atoms with Gasteiger partial charge >= 0.3 is 0 Å². The van der Waals surface area contributed by atoms with Gasteiger partial charge in [-0.2, -0.15) is 4.99 Å². The third-order valence-electron chi connectivity index (χ3n) is 7.75. The Morgan fingerprint density at radius 3 is 2.25 bits per heavy atom. The average molecular weight is 702 g/mol. The molecule has 1 heterocycles. The fourth-order valence-electron chi connectivity index (χ4n) is 5.22. The van der Waals surface area contributed by atoms with Crippen molar-refractivity contribution in [1.82, 2.24) is 10.2 Å². The number of amides is 3. The van der Waals surface area contributed by atoms with Gasteiger partial charge < -0.3 is 14.8 Å². The molecule has 0 fully saturated rings. The predicted molar refractivity (Wildman–Crippen MR) is 199 cm³/mol. The van der Waals surface area contributed by atoms with Crippen LogP contribution >= 0.6 is 11.8 Å². The lowest BCUT2D eigenvalue weighted by molar-refractivity contribution is -0.126. The molecule has 0 bridgehead atoms. The molecule has 1 aliphatic rings. The SMILES string of the molecule is C=C/C=C\C(=C/C)N1C(=O)/C(=C/c2ccc(OCc3ccccc3F)c(OC)c2)C(=O)N=C1SCC(=O)NC(c1ccccc1)c1ccccc1. The standard InChI is InChI=1S/C41H36FN3O5S/c1-4-6-20-32(5-2)45-40(48)33(24-28-22-23-35(36(25-28)49-3)50-26-31-19-13-14-21-34(31)42)39(47)44-41(45)51-27-37(46)43-38(29-15-9-7-10-16-29)30-17-11-8-12-18-30/h4-25,38H,1,26-27H2,2-3H3,(H,43,46)/b20-6-,32-5+,33-24+. The number of aliphatic imine (C=N–C) groups is 1. The lowest BCUT2D eigenvalue weighted by Crippen LogP contribution is -2.42. The van der Waals surface area contributed by atoms with E-state index < -0.39 is 17.9 Å². The minimum Gasteiger partial charge on any atom is -0.493 e. The number of carbonyl (C=O) groups excluding carboxylic acids is 3. The first-order chi connectivity index (χ1) is 24.8. The summed E-state index contributed by atoms with van der Waals surface area (Å²) in [6, 6.07) is 30.0. The topological polar surface area (TPSA) is 97.3 Å². The van der Waals surface area contributed by atoms with Crippen molar-refractivity contribution in [3.63, 3.8) is 0 Å². The predicted octanol–water partition coefficient (Wildman–Crippen LogP) is 7.81. The first kappa shape index (κ1) is 36.3. The molecule has 4 aromatic carbocycles. The van der Waals surface area contributed by atoms with Crippen LogP contribution in [0.15, 0.2) is 150 Å². The molecule has 51 heavy (non-hydrogen) atoms. The zero-order chi connectivity index (χ0) is 36.2. The average Bonchev–Trinajstić information content (AvgIpc) is 3.16. The molecule has 5 rings (SSSR count). The van der Waals surface area contributed by atoms with Crippen LogP contribution in [0.25, 0.3) is 6.08 Å². The number of benzene rings is 4. The van der Waals surface area contributed by atoms with Crippen LogP contribution in [0.4, 0.5) is 4.39 Å². The minimum atomic E-state index is -0.757. The maximum absolute atomic E-state index is 14.1. The quantitative estimate of drug-likeness (QED) is 0.0868. The van der Waals surface area contributed by atoms with E-state index in [9.17, 15) is 18.8 Å². The molecule has 10 heteroatoms. The first-order valence-corrected chi connectivity index (χ1v) is 17.0. The number of allylic oxidation sites excluding steroid dienone is 4. The van der Waals surface area contributed by atoms with Crippen molar-refractivity contribution in [3.8, 4) is 11.5 Å². The van der Waals surface area contributed by atoms with E-state index in [2.05, 4.69) is 16.9 Å². The normalized spacial score (nSPS) is 14.2. The third-order valence-corrected chi connectivity index (χ3v) is 8.69. The van der Waals surface area contributed by atoms with E-state index in [1.807, 2.05) is 60.7 Å². The Kier molecular flexibility index (Phi) is 12.5. The van der Waals surface area contributed by atoms with E-state index in [1.165, 1.54) is 24.2 Å². The van der Waals surface area contributed by atoms with Gasteiger partial charge in [0.05, 0.1) is 18.9 Å². The van der Waals surface area contributed by atoms with Gasteiger partial charge in [0.1, 0.15) is 18.0 Å². The second kappa shape index (κ2) is 17.6. The maximum atomic E-state index is 14.1. The van der Waals surface area contributed by atoms with Crippen LogP contribution in [0.5, 0.6) is 11.5 Å². The Hall–Kier alpha value is -6.00. The molecule has 0 saturated carbocycles. The van der Waals surface area contributed by atoms with Gasteiger partial charge in [-0.1, -0.05) is 121 Å². The zero-order valence-electron chi connectivity index (χ0n) is 28.1. The summed E-state index contributed by atoms with van der Waals surface area (Å²) >= 11 is 0.983. The molecule has 1 aliphatic heterocycles. The minimum absolute atomic E-state index is 0.0217. The molecule has 0 aliphatic carbocycles. The van der Waals surface area contributed by atoms with Crippen molar-refractivity contribution in [3.05, 3.63) is 173 Å². The molecular formula is C41H36FN3O5S. The van der Waals surface area contributed by atoms with Gasteiger partial charge in [0.15, 0.2) is 16.7 Å². The van der Waals surface area contributed by atoms with Gasteiger partial charge in [0.2, 0.25) is 5.91 Å². The Bertz CT molecular complexity index is 1990. The van der Waals surface area contributed by atoms with Crippen LogP contribution in [-0.4, -0.2) is 40.7 Å². The highest BCUT2D eigenvalue weighted by atomic mass is 32.2. The molecule has 0 atom stereocenters. The van der Waals surface area contributed by atoms with Crippen LogP contribution in [-0.2, 0) is 21.0 Å². The number of ether oxygens (including phenoxy) is 2. The van der Waals surface area contributed by atoms with E-state index in [4.69, 9.17) is 9.47 Å². The van der Waals surface area contributed by atoms with Crippen LogP contribution in [0.2, 0.25) is 0 Å². The lowest BCUT2D eigenvalue weighted by atomic mass is 9.99. The summed E-state index contributed by atoms with van der Waals surface area (Å²) in [4.78, 5) is 46.5. The second-order valence-electron chi connectivity index (χ2n) is 11.1.